The van der Waals surface area contributed by atoms with Crippen LogP contribution in [0.4, 0.5) is 5.00 Å². The van der Waals surface area contributed by atoms with Gasteiger partial charge in [-0.15, -0.1) is 0 Å². The minimum Gasteiger partial charge on any atom is -0.310 e. The number of nitrogens with zero attached hydrogens (tertiary/aromatic N) is 1. The Morgan fingerprint density at radius 3 is 2.65 bits per heavy atom. The summed E-state index contributed by atoms with van der Waals surface area (Å²) in [4.78, 5) is 10.3. The lowest BCUT2D eigenvalue weighted by molar-refractivity contribution is -0.380. The van der Waals surface area contributed by atoms with Crippen LogP contribution in [0.2, 0.25) is 0 Å². The lowest BCUT2D eigenvalue weighted by Crippen LogP contribution is -2.27. The largest absolute Gasteiger partial charge is 0.324 e. The summed E-state index contributed by atoms with van der Waals surface area (Å²) < 4.78 is 1.08. The summed E-state index contributed by atoms with van der Waals surface area (Å²) >= 11 is 4.59. The monoisotopic (exact) mass is 354 g/mol. The zero-order valence-electron chi connectivity index (χ0n) is 11.0. The maximum Gasteiger partial charge on any atom is 0.324 e. The van der Waals surface area contributed by atoms with Crippen molar-refractivity contribution >= 4 is 32.3 Å². The standard InChI is InChI=1S/C14H15BrN2O2S/c1-10(6-11-2-4-13(15)5-3-11)16-8-12-7-14(17(18)19)20-9-12/h2-5,7,9-10,16H,6,8H2,1H3. The van der Waals surface area contributed by atoms with Gasteiger partial charge in [-0.1, -0.05) is 39.4 Å². The van der Waals surface area contributed by atoms with E-state index in [1.54, 1.807) is 6.07 Å². The normalized spacial score (nSPS) is 12.3. The van der Waals surface area contributed by atoms with E-state index in [2.05, 4.69) is 40.3 Å². The molecule has 1 heterocycles. The molecule has 0 spiro atoms. The maximum atomic E-state index is 10.6. The molecule has 4 nitrogen and oxygen atoms in total. The highest BCUT2D eigenvalue weighted by Gasteiger charge is 2.10. The first-order chi connectivity index (χ1) is 9.54. The topological polar surface area (TPSA) is 55.2 Å². The molecular weight excluding hydrogens is 340 g/mol. The molecule has 0 fully saturated rings. The van der Waals surface area contributed by atoms with Gasteiger partial charge < -0.3 is 5.32 Å². The average molecular weight is 355 g/mol. The lowest BCUT2D eigenvalue weighted by atomic mass is 10.1. The third-order valence-corrected chi connectivity index (χ3v) is 4.39. The van der Waals surface area contributed by atoms with Crippen molar-refractivity contribution < 1.29 is 4.92 Å². The number of halogens is 1. The molecule has 2 aromatic rings. The molecule has 1 aromatic heterocycles. The maximum absolute atomic E-state index is 10.6. The fourth-order valence-electron chi connectivity index (χ4n) is 1.89. The van der Waals surface area contributed by atoms with E-state index in [9.17, 15) is 10.1 Å². The predicted molar refractivity (Wildman–Crippen MR) is 85.1 cm³/mol. The minimum atomic E-state index is -0.348. The van der Waals surface area contributed by atoms with Gasteiger partial charge in [0.05, 0.1) is 4.92 Å². The Hall–Kier alpha value is -1.24. The molecule has 0 amide bonds. The molecular formula is C14H15BrN2O2S. The highest BCUT2D eigenvalue weighted by atomic mass is 79.9. The second kappa shape index (κ2) is 6.97. The Kier molecular flexibility index (Phi) is 5.28. The van der Waals surface area contributed by atoms with Gasteiger partial charge in [0, 0.05) is 28.5 Å². The second-order valence-corrected chi connectivity index (χ2v) is 6.47. The van der Waals surface area contributed by atoms with E-state index in [1.807, 2.05) is 17.5 Å². The van der Waals surface area contributed by atoms with Crippen LogP contribution in [-0.2, 0) is 13.0 Å². The SMILES string of the molecule is CC(Cc1ccc(Br)cc1)NCc1csc([N+](=O)[O-])c1. The molecule has 2 rings (SSSR count). The van der Waals surface area contributed by atoms with E-state index in [4.69, 9.17) is 0 Å². The Bertz CT molecular complexity index is 583. The molecule has 6 heteroatoms. The molecule has 0 saturated carbocycles. The summed E-state index contributed by atoms with van der Waals surface area (Å²) in [5, 5.41) is 16.0. The van der Waals surface area contributed by atoms with E-state index in [0.717, 1.165) is 16.5 Å². The first-order valence-corrected chi connectivity index (χ1v) is 7.91. The second-order valence-electron chi connectivity index (χ2n) is 4.66. The van der Waals surface area contributed by atoms with E-state index in [1.165, 1.54) is 16.9 Å². The van der Waals surface area contributed by atoms with Crippen LogP contribution >= 0.6 is 27.3 Å². The van der Waals surface area contributed by atoms with Crippen LogP contribution in [0.1, 0.15) is 18.1 Å². The van der Waals surface area contributed by atoms with Crippen molar-refractivity contribution in [2.45, 2.75) is 25.9 Å². The average Bonchev–Trinajstić information content (AvgIpc) is 2.88. The number of nitro groups is 1. The molecule has 20 heavy (non-hydrogen) atoms. The van der Waals surface area contributed by atoms with Crippen molar-refractivity contribution in [3.63, 3.8) is 0 Å². The van der Waals surface area contributed by atoms with Crippen molar-refractivity contribution in [1.29, 1.82) is 0 Å². The van der Waals surface area contributed by atoms with Gasteiger partial charge in [-0.25, -0.2) is 0 Å². The number of thiophene rings is 1. The van der Waals surface area contributed by atoms with Gasteiger partial charge in [-0.3, -0.25) is 10.1 Å². The van der Waals surface area contributed by atoms with E-state index >= 15 is 0 Å². The number of benzene rings is 1. The Balaban J connectivity index is 1.83. The minimum absolute atomic E-state index is 0.197. The molecule has 0 bridgehead atoms. The van der Waals surface area contributed by atoms with Crippen molar-refractivity contribution in [2.24, 2.45) is 0 Å². The van der Waals surface area contributed by atoms with Crippen LogP contribution in [0.5, 0.6) is 0 Å². The Morgan fingerprint density at radius 2 is 2.05 bits per heavy atom. The molecule has 1 aromatic carbocycles. The van der Waals surface area contributed by atoms with Crippen LogP contribution < -0.4 is 5.32 Å². The highest BCUT2D eigenvalue weighted by Crippen LogP contribution is 2.22. The Morgan fingerprint density at radius 1 is 1.35 bits per heavy atom. The zero-order valence-corrected chi connectivity index (χ0v) is 13.4. The first kappa shape index (κ1) is 15.2. The van der Waals surface area contributed by atoms with Gasteiger partial charge >= 0.3 is 5.00 Å². The molecule has 1 unspecified atom stereocenters. The van der Waals surface area contributed by atoms with E-state index in [-0.39, 0.29) is 9.92 Å². The number of hydrogen-bond donors (Lipinski definition) is 1. The van der Waals surface area contributed by atoms with Crippen molar-refractivity contribution in [2.75, 3.05) is 0 Å². The molecule has 106 valence electrons. The summed E-state index contributed by atoms with van der Waals surface area (Å²) in [6.07, 6.45) is 0.930. The van der Waals surface area contributed by atoms with Gasteiger partial charge in [0.15, 0.2) is 0 Å². The molecule has 0 radical (unpaired) electrons. The van der Waals surface area contributed by atoms with Gasteiger partial charge in [0.2, 0.25) is 0 Å². The third-order valence-electron chi connectivity index (χ3n) is 2.93. The van der Waals surface area contributed by atoms with E-state index < -0.39 is 0 Å². The Labute approximate surface area is 130 Å². The van der Waals surface area contributed by atoms with Crippen LogP contribution in [0.25, 0.3) is 0 Å². The molecule has 0 aliphatic carbocycles. The smallest absolute Gasteiger partial charge is 0.310 e. The van der Waals surface area contributed by atoms with Crippen molar-refractivity contribution in [3.05, 3.63) is 61.4 Å². The van der Waals surface area contributed by atoms with Crippen LogP contribution in [0.3, 0.4) is 0 Å². The van der Waals surface area contributed by atoms with Crippen LogP contribution in [0, 0.1) is 10.1 Å². The number of rotatable bonds is 6. The van der Waals surface area contributed by atoms with Crippen molar-refractivity contribution in [3.8, 4) is 0 Å². The quantitative estimate of drug-likeness (QED) is 0.626. The predicted octanol–water partition coefficient (Wildman–Crippen LogP) is 4.14. The molecule has 0 saturated heterocycles. The van der Waals surface area contributed by atoms with Gasteiger partial charge in [0.25, 0.3) is 0 Å². The lowest BCUT2D eigenvalue weighted by Gasteiger charge is -2.13. The fourth-order valence-corrected chi connectivity index (χ4v) is 2.88. The molecule has 0 aliphatic heterocycles. The van der Waals surface area contributed by atoms with Gasteiger partial charge in [0.1, 0.15) is 0 Å². The fraction of sp³-hybridized carbons (Fsp3) is 0.286. The molecule has 1 atom stereocenters. The summed E-state index contributed by atoms with van der Waals surface area (Å²) in [6.45, 7) is 2.77. The highest BCUT2D eigenvalue weighted by molar-refractivity contribution is 9.10. The van der Waals surface area contributed by atoms with Gasteiger partial charge in [-0.05, 0) is 36.6 Å². The summed E-state index contributed by atoms with van der Waals surface area (Å²) in [5.74, 6) is 0. The molecule has 0 aliphatic rings. The van der Waals surface area contributed by atoms with Crippen LogP contribution in [-0.4, -0.2) is 11.0 Å². The summed E-state index contributed by atoms with van der Waals surface area (Å²) in [6, 6.07) is 10.2. The van der Waals surface area contributed by atoms with Gasteiger partial charge in [-0.2, -0.15) is 0 Å². The number of hydrogen-bond acceptors (Lipinski definition) is 4. The zero-order chi connectivity index (χ0) is 14.5. The van der Waals surface area contributed by atoms with Crippen molar-refractivity contribution in [1.82, 2.24) is 5.32 Å². The summed E-state index contributed by atoms with van der Waals surface area (Å²) in [5.41, 5.74) is 2.23. The van der Waals surface area contributed by atoms with E-state index in [0.29, 0.717) is 12.6 Å². The third kappa shape index (κ3) is 4.40. The number of nitrogens with one attached hydrogen (secondary N) is 1. The molecule has 1 N–H and O–H groups in total. The first-order valence-electron chi connectivity index (χ1n) is 6.24. The van der Waals surface area contributed by atoms with Crippen LogP contribution in [0.15, 0.2) is 40.2 Å². The summed E-state index contributed by atoms with van der Waals surface area (Å²) in [7, 11) is 0.